The molecule has 1 heterocycles. The molecular weight excluding hydrogens is 344 g/mol. The van der Waals surface area contributed by atoms with Crippen molar-refractivity contribution >= 4 is 45.7 Å². The van der Waals surface area contributed by atoms with E-state index in [0.717, 1.165) is 32.8 Å². The Balaban J connectivity index is 1.59. The number of nitrogens with zero attached hydrogens (tertiary/aromatic N) is 1. The van der Waals surface area contributed by atoms with Gasteiger partial charge in [0.1, 0.15) is 6.54 Å². The zero-order chi connectivity index (χ0) is 17.9. The quantitative estimate of drug-likeness (QED) is 0.755. The molecule has 3 aromatic rings. The van der Waals surface area contributed by atoms with Crippen molar-refractivity contribution in [1.29, 1.82) is 0 Å². The summed E-state index contributed by atoms with van der Waals surface area (Å²) < 4.78 is 0. The molecule has 0 saturated carbocycles. The smallest absolute Gasteiger partial charge is 0.244 e. The minimum atomic E-state index is -0.198. The molecule has 0 spiro atoms. The van der Waals surface area contributed by atoms with Crippen LogP contribution in [0.5, 0.6) is 0 Å². The molecule has 1 N–H and O–H groups in total. The van der Waals surface area contributed by atoms with E-state index in [1.807, 2.05) is 66.7 Å². The Morgan fingerprint density at radius 3 is 2.69 bits per heavy atom. The number of benzene rings is 3. The summed E-state index contributed by atoms with van der Waals surface area (Å²) in [4.78, 5) is 27.8. The lowest BCUT2D eigenvalue weighted by Gasteiger charge is -2.22. The van der Waals surface area contributed by atoms with Crippen molar-refractivity contribution in [2.75, 3.05) is 22.5 Å². The summed E-state index contributed by atoms with van der Waals surface area (Å²) in [6, 6.07) is 21.5. The van der Waals surface area contributed by atoms with Gasteiger partial charge >= 0.3 is 0 Å². The maximum Gasteiger partial charge on any atom is 0.244 e. The minimum absolute atomic E-state index is 0.0135. The molecule has 2 amide bonds. The van der Waals surface area contributed by atoms with Crippen LogP contribution in [0.3, 0.4) is 0 Å². The van der Waals surface area contributed by atoms with Crippen LogP contribution < -0.4 is 10.2 Å². The second-order valence-electron chi connectivity index (χ2n) is 6.12. The van der Waals surface area contributed by atoms with Crippen LogP contribution in [0.1, 0.15) is 6.42 Å². The van der Waals surface area contributed by atoms with E-state index in [1.54, 1.807) is 16.7 Å². The Hall–Kier alpha value is -2.79. The van der Waals surface area contributed by atoms with E-state index in [-0.39, 0.29) is 18.4 Å². The Bertz CT molecular complexity index is 981. The summed E-state index contributed by atoms with van der Waals surface area (Å²) in [5, 5.41) is 5.02. The fourth-order valence-corrected chi connectivity index (χ4v) is 4.16. The third kappa shape index (κ3) is 3.30. The number of hydrogen-bond acceptors (Lipinski definition) is 3. The summed E-state index contributed by atoms with van der Waals surface area (Å²) in [7, 11) is 0. The van der Waals surface area contributed by atoms with E-state index in [4.69, 9.17) is 0 Å². The van der Waals surface area contributed by atoms with Crippen LogP contribution in [0.2, 0.25) is 0 Å². The fourth-order valence-electron chi connectivity index (χ4n) is 3.16. The van der Waals surface area contributed by atoms with Crippen LogP contribution in [0.25, 0.3) is 10.8 Å². The molecule has 4 nitrogen and oxygen atoms in total. The number of para-hydroxylation sites is 1. The minimum Gasteiger partial charge on any atom is -0.324 e. The Morgan fingerprint density at radius 2 is 1.77 bits per heavy atom. The van der Waals surface area contributed by atoms with Crippen LogP contribution in [-0.2, 0) is 9.59 Å². The maximum absolute atomic E-state index is 12.7. The van der Waals surface area contributed by atoms with Crippen molar-refractivity contribution in [3.05, 3.63) is 66.7 Å². The second-order valence-corrected chi connectivity index (χ2v) is 7.26. The van der Waals surface area contributed by atoms with Crippen LogP contribution in [0.4, 0.5) is 11.4 Å². The van der Waals surface area contributed by atoms with Crippen molar-refractivity contribution in [3.63, 3.8) is 0 Å². The van der Waals surface area contributed by atoms with Gasteiger partial charge in [0, 0.05) is 28.1 Å². The molecule has 0 radical (unpaired) electrons. The van der Waals surface area contributed by atoms with Crippen molar-refractivity contribution in [1.82, 2.24) is 0 Å². The molecule has 0 aromatic heterocycles. The molecule has 0 bridgehead atoms. The molecule has 0 atom stereocenters. The number of nitrogens with one attached hydrogen (secondary N) is 1. The molecule has 0 fully saturated rings. The van der Waals surface area contributed by atoms with Gasteiger partial charge in [-0.2, -0.15) is 0 Å². The molecule has 1 aliphatic rings. The normalized spacial score (nSPS) is 14.0. The van der Waals surface area contributed by atoms with Gasteiger partial charge in [0.05, 0.1) is 5.69 Å². The Labute approximate surface area is 156 Å². The summed E-state index contributed by atoms with van der Waals surface area (Å²) in [6.45, 7) is 0.0135. The van der Waals surface area contributed by atoms with Gasteiger partial charge in [0.2, 0.25) is 11.8 Å². The number of amides is 2. The topological polar surface area (TPSA) is 49.4 Å². The van der Waals surface area contributed by atoms with Gasteiger partial charge < -0.3 is 10.2 Å². The first-order valence-corrected chi connectivity index (χ1v) is 9.51. The summed E-state index contributed by atoms with van der Waals surface area (Å²) >= 11 is 1.66. The van der Waals surface area contributed by atoms with Gasteiger partial charge in [0.15, 0.2) is 0 Å². The molecule has 26 heavy (non-hydrogen) atoms. The van der Waals surface area contributed by atoms with Gasteiger partial charge in [-0.05, 0) is 23.6 Å². The number of carbonyl (C=O) groups excluding carboxylic acids is 2. The number of hydrogen-bond donors (Lipinski definition) is 1. The highest BCUT2D eigenvalue weighted by Gasteiger charge is 2.24. The Morgan fingerprint density at radius 1 is 1.00 bits per heavy atom. The predicted molar refractivity (Wildman–Crippen MR) is 107 cm³/mol. The first-order chi connectivity index (χ1) is 12.7. The average Bonchev–Trinajstić information content (AvgIpc) is 2.81. The third-order valence-electron chi connectivity index (χ3n) is 4.40. The lowest BCUT2D eigenvalue weighted by molar-refractivity contribution is -0.121. The highest BCUT2D eigenvalue weighted by atomic mass is 32.2. The summed E-state index contributed by atoms with van der Waals surface area (Å²) in [5.74, 6) is 0.518. The summed E-state index contributed by atoms with van der Waals surface area (Å²) in [6.07, 6.45) is 0.431. The predicted octanol–water partition coefficient (Wildman–Crippen LogP) is 4.31. The van der Waals surface area contributed by atoms with Crippen molar-refractivity contribution in [2.45, 2.75) is 11.3 Å². The van der Waals surface area contributed by atoms with Gasteiger partial charge in [-0.1, -0.05) is 48.5 Å². The lowest BCUT2D eigenvalue weighted by atomic mass is 10.1. The molecule has 1 aliphatic heterocycles. The number of fused-ring (bicyclic) bond motifs is 2. The number of rotatable bonds is 3. The van der Waals surface area contributed by atoms with Gasteiger partial charge in [-0.15, -0.1) is 11.8 Å². The van der Waals surface area contributed by atoms with Crippen molar-refractivity contribution in [2.24, 2.45) is 0 Å². The van der Waals surface area contributed by atoms with Crippen LogP contribution in [0, 0.1) is 0 Å². The SMILES string of the molecule is O=C(CN1C(=O)CCSc2ccccc21)Nc1cccc2ccccc12. The monoisotopic (exact) mass is 362 g/mol. The van der Waals surface area contributed by atoms with Crippen molar-refractivity contribution in [3.8, 4) is 0 Å². The molecule has 0 unspecified atom stereocenters. The maximum atomic E-state index is 12.7. The van der Waals surface area contributed by atoms with Crippen molar-refractivity contribution < 1.29 is 9.59 Å². The van der Waals surface area contributed by atoms with Crippen LogP contribution >= 0.6 is 11.8 Å². The standard InChI is InChI=1S/C21H18N2O2S/c24-20(22-17-9-5-7-15-6-1-2-8-16(15)17)14-23-18-10-3-4-11-19(18)26-13-12-21(23)25/h1-11H,12-14H2,(H,22,24). The van der Waals surface area contributed by atoms with E-state index in [0.29, 0.717) is 6.42 Å². The molecule has 0 aliphatic carbocycles. The van der Waals surface area contributed by atoms with Gasteiger partial charge in [-0.25, -0.2) is 0 Å². The molecule has 0 saturated heterocycles. The molecule has 5 heteroatoms. The van der Waals surface area contributed by atoms with E-state index in [1.165, 1.54) is 0 Å². The molecule has 4 rings (SSSR count). The second kappa shape index (κ2) is 7.22. The molecular formula is C21H18N2O2S. The van der Waals surface area contributed by atoms with E-state index >= 15 is 0 Å². The lowest BCUT2D eigenvalue weighted by Crippen LogP contribution is -2.38. The Kier molecular flexibility index (Phi) is 4.63. The summed E-state index contributed by atoms with van der Waals surface area (Å²) in [5.41, 5.74) is 1.58. The van der Waals surface area contributed by atoms with Gasteiger partial charge in [0.25, 0.3) is 0 Å². The van der Waals surface area contributed by atoms with E-state index < -0.39 is 0 Å². The number of anilines is 2. The third-order valence-corrected chi connectivity index (χ3v) is 5.46. The number of thioether (sulfide) groups is 1. The fraction of sp³-hybridized carbons (Fsp3) is 0.143. The first-order valence-electron chi connectivity index (χ1n) is 8.52. The zero-order valence-corrected chi connectivity index (χ0v) is 15.0. The zero-order valence-electron chi connectivity index (χ0n) is 14.1. The van der Waals surface area contributed by atoms with Crippen LogP contribution in [0.15, 0.2) is 71.6 Å². The average molecular weight is 362 g/mol. The highest BCUT2D eigenvalue weighted by molar-refractivity contribution is 7.99. The highest BCUT2D eigenvalue weighted by Crippen LogP contribution is 2.34. The number of carbonyl (C=O) groups is 2. The van der Waals surface area contributed by atoms with E-state index in [9.17, 15) is 9.59 Å². The van der Waals surface area contributed by atoms with Gasteiger partial charge in [-0.3, -0.25) is 9.59 Å². The largest absolute Gasteiger partial charge is 0.324 e. The molecule has 130 valence electrons. The van der Waals surface area contributed by atoms with E-state index in [2.05, 4.69) is 5.32 Å². The first kappa shape index (κ1) is 16.7. The molecule has 3 aromatic carbocycles. The van der Waals surface area contributed by atoms with Crippen LogP contribution in [-0.4, -0.2) is 24.1 Å².